The number of aromatic nitrogens is 3. The number of hydrogen-bond acceptors (Lipinski definition) is 5. The lowest BCUT2D eigenvalue weighted by Crippen LogP contribution is -2.05. The zero-order valence-corrected chi connectivity index (χ0v) is 12.5. The highest BCUT2D eigenvalue weighted by Crippen LogP contribution is 2.23. The maximum absolute atomic E-state index is 13.7. The standard InChI is InChI=1S/C16H12F3N5/c1-9-4-2-3-5-11(9)22-16-23-13(8-20-24-16)21-12-7-6-10(17)14(18)15(12)19/h2-8H,1H3,(H2,21,22,23,24). The van der Waals surface area contributed by atoms with Crippen LogP contribution in [-0.2, 0) is 0 Å². The molecule has 0 aliphatic rings. The zero-order valence-electron chi connectivity index (χ0n) is 12.5. The monoisotopic (exact) mass is 331 g/mol. The van der Waals surface area contributed by atoms with Crippen LogP contribution in [0.4, 0.5) is 36.3 Å². The Morgan fingerprint density at radius 3 is 2.46 bits per heavy atom. The summed E-state index contributed by atoms with van der Waals surface area (Å²) in [6.07, 6.45) is 1.24. The van der Waals surface area contributed by atoms with Crippen molar-refractivity contribution in [1.29, 1.82) is 0 Å². The van der Waals surface area contributed by atoms with Crippen molar-refractivity contribution in [1.82, 2.24) is 15.2 Å². The first kappa shape index (κ1) is 15.7. The van der Waals surface area contributed by atoms with Gasteiger partial charge in [-0.2, -0.15) is 10.1 Å². The molecule has 0 atom stereocenters. The molecule has 24 heavy (non-hydrogen) atoms. The zero-order chi connectivity index (χ0) is 17.1. The molecule has 1 aromatic heterocycles. The van der Waals surface area contributed by atoms with Crippen molar-refractivity contribution in [3.63, 3.8) is 0 Å². The van der Waals surface area contributed by atoms with Gasteiger partial charge in [-0.25, -0.2) is 13.2 Å². The molecule has 122 valence electrons. The van der Waals surface area contributed by atoms with Crippen LogP contribution in [0.15, 0.2) is 42.6 Å². The molecule has 8 heteroatoms. The van der Waals surface area contributed by atoms with Gasteiger partial charge in [0, 0.05) is 5.69 Å². The van der Waals surface area contributed by atoms with Crippen molar-refractivity contribution in [3.05, 3.63) is 65.6 Å². The summed E-state index contributed by atoms with van der Waals surface area (Å²) in [6.45, 7) is 1.91. The normalized spacial score (nSPS) is 10.5. The average Bonchev–Trinajstić information content (AvgIpc) is 2.58. The van der Waals surface area contributed by atoms with Gasteiger partial charge >= 0.3 is 0 Å². The van der Waals surface area contributed by atoms with Crippen LogP contribution in [-0.4, -0.2) is 15.2 Å². The molecule has 0 aliphatic heterocycles. The molecule has 0 unspecified atom stereocenters. The number of anilines is 4. The Kier molecular flexibility index (Phi) is 4.28. The fraction of sp³-hybridized carbons (Fsp3) is 0.0625. The van der Waals surface area contributed by atoms with Gasteiger partial charge < -0.3 is 10.6 Å². The van der Waals surface area contributed by atoms with E-state index in [0.29, 0.717) is 0 Å². The van der Waals surface area contributed by atoms with Crippen molar-refractivity contribution in [2.75, 3.05) is 10.6 Å². The molecule has 3 aromatic rings. The van der Waals surface area contributed by atoms with Gasteiger partial charge in [0.05, 0.1) is 11.9 Å². The molecule has 2 aromatic carbocycles. The van der Waals surface area contributed by atoms with E-state index in [1.54, 1.807) is 0 Å². The number of nitrogens with zero attached hydrogens (tertiary/aromatic N) is 3. The summed E-state index contributed by atoms with van der Waals surface area (Å²) in [6, 6.07) is 9.39. The Morgan fingerprint density at radius 2 is 1.67 bits per heavy atom. The van der Waals surface area contributed by atoms with E-state index in [1.807, 2.05) is 31.2 Å². The van der Waals surface area contributed by atoms with E-state index < -0.39 is 17.5 Å². The Hall–Kier alpha value is -3.16. The fourth-order valence-electron chi connectivity index (χ4n) is 2.01. The number of hydrogen-bond donors (Lipinski definition) is 2. The van der Waals surface area contributed by atoms with Crippen molar-refractivity contribution in [2.24, 2.45) is 0 Å². The predicted octanol–water partition coefficient (Wildman–Crippen LogP) is 4.08. The minimum Gasteiger partial charge on any atom is -0.336 e. The average molecular weight is 331 g/mol. The molecule has 0 aliphatic carbocycles. The molecule has 0 fully saturated rings. The quantitative estimate of drug-likeness (QED) is 0.705. The molecule has 0 saturated carbocycles. The van der Waals surface area contributed by atoms with Crippen LogP contribution in [0.25, 0.3) is 0 Å². The topological polar surface area (TPSA) is 62.7 Å². The molecule has 0 saturated heterocycles. The third-order valence-electron chi connectivity index (χ3n) is 3.25. The van der Waals surface area contributed by atoms with E-state index in [1.165, 1.54) is 6.20 Å². The van der Waals surface area contributed by atoms with Crippen LogP contribution in [0, 0.1) is 24.4 Å². The van der Waals surface area contributed by atoms with Crippen molar-refractivity contribution >= 4 is 23.1 Å². The van der Waals surface area contributed by atoms with E-state index >= 15 is 0 Å². The SMILES string of the molecule is Cc1ccccc1Nc1nncc(Nc2ccc(F)c(F)c2F)n1. The van der Waals surface area contributed by atoms with E-state index in [-0.39, 0.29) is 17.5 Å². The minimum absolute atomic E-state index is 0.131. The first-order valence-electron chi connectivity index (χ1n) is 6.97. The number of aryl methyl sites for hydroxylation is 1. The fourth-order valence-corrected chi connectivity index (χ4v) is 2.01. The highest BCUT2D eigenvalue weighted by atomic mass is 19.2. The highest BCUT2D eigenvalue weighted by Gasteiger charge is 2.14. The summed E-state index contributed by atoms with van der Waals surface area (Å²) in [5.41, 5.74) is 1.51. The van der Waals surface area contributed by atoms with Gasteiger partial charge in [-0.05, 0) is 30.7 Å². The van der Waals surface area contributed by atoms with Crippen LogP contribution in [0.1, 0.15) is 5.56 Å². The Labute approximate surface area is 135 Å². The third-order valence-corrected chi connectivity index (χ3v) is 3.25. The maximum atomic E-state index is 13.7. The van der Waals surface area contributed by atoms with E-state index in [9.17, 15) is 13.2 Å². The molecular formula is C16H12F3N5. The lowest BCUT2D eigenvalue weighted by atomic mass is 10.2. The summed E-state index contributed by atoms with van der Waals surface area (Å²) in [5, 5.41) is 13.1. The van der Waals surface area contributed by atoms with Gasteiger partial charge in [-0.15, -0.1) is 5.10 Å². The van der Waals surface area contributed by atoms with Crippen LogP contribution in [0.3, 0.4) is 0 Å². The van der Waals surface area contributed by atoms with Crippen molar-refractivity contribution in [3.8, 4) is 0 Å². The Balaban J connectivity index is 1.84. The summed E-state index contributed by atoms with van der Waals surface area (Å²) >= 11 is 0. The van der Waals surface area contributed by atoms with Gasteiger partial charge in [-0.1, -0.05) is 18.2 Å². The number of halogens is 3. The van der Waals surface area contributed by atoms with Crippen LogP contribution in [0.2, 0.25) is 0 Å². The third kappa shape index (κ3) is 3.27. The second-order valence-corrected chi connectivity index (χ2v) is 4.95. The maximum Gasteiger partial charge on any atom is 0.249 e. The first-order chi connectivity index (χ1) is 11.5. The van der Waals surface area contributed by atoms with Gasteiger partial charge in [0.25, 0.3) is 0 Å². The first-order valence-corrected chi connectivity index (χ1v) is 6.97. The Morgan fingerprint density at radius 1 is 0.875 bits per heavy atom. The van der Waals surface area contributed by atoms with E-state index in [4.69, 9.17) is 0 Å². The predicted molar refractivity (Wildman–Crippen MR) is 83.9 cm³/mol. The van der Waals surface area contributed by atoms with Gasteiger partial charge in [0.15, 0.2) is 23.3 Å². The summed E-state index contributed by atoms with van der Waals surface area (Å²) in [4.78, 5) is 4.12. The van der Waals surface area contributed by atoms with Crippen LogP contribution < -0.4 is 10.6 Å². The second kappa shape index (κ2) is 6.53. The highest BCUT2D eigenvalue weighted by molar-refractivity contribution is 5.61. The summed E-state index contributed by atoms with van der Waals surface area (Å²) in [7, 11) is 0. The largest absolute Gasteiger partial charge is 0.336 e. The molecule has 3 rings (SSSR count). The van der Waals surface area contributed by atoms with Gasteiger partial charge in [0.2, 0.25) is 5.95 Å². The van der Waals surface area contributed by atoms with Crippen molar-refractivity contribution in [2.45, 2.75) is 6.92 Å². The van der Waals surface area contributed by atoms with Gasteiger partial charge in [0.1, 0.15) is 0 Å². The molecule has 0 amide bonds. The molecule has 0 radical (unpaired) electrons. The van der Waals surface area contributed by atoms with Crippen molar-refractivity contribution < 1.29 is 13.2 Å². The summed E-state index contributed by atoms with van der Waals surface area (Å²) < 4.78 is 39.9. The summed E-state index contributed by atoms with van der Waals surface area (Å²) in [5.74, 6) is -3.84. The van der Waals surface area contributed by atoms with E-state index in [2.05, 4.69) is 25.8 Å². The smallest absolute Gasteiger partial charge is 0.249 e. The lowest BCUT2D eigenvalue weighted by molar-refractivity contribution is 0.449. The lowest BCUT2D eigenvalue weighted by Gasteiger charge is -2.10. The number of nitrogens with one attached hydrogen (secondary N) is 2. The molecule has 1 heterocycles. The molecule has 2 N–H and O–H groups in total. The van der Waals surface area contributed by atoms with Crippen LogP contribution >= 0.6 is 0 Å². The van der Waals surface area contributed by atoms with Gasteiger partial charge in [-0.3, -0.25) is 0 Å². The Bertz CT molecular complexity index is 885. The van der Waals surface area contributed by atoms with Crippen LogP contribution in [0.5, 0.6) is 0 Å². The molecule has 0 bridgehead atoms. The number of rotatable bonds is 4. The van der Waals surface area contributed by atoms with E-state index in [0.717, 1.165) is 23.4 Å². The molecular weight excluding hydrogens is 319 g/mol. The number of para-hydroxylation sites is 1. The second-order valence-electron chi connectivity index (χ2n) is 4.95. The minimum atomic E-state index is -1.56. The molecule has 0 spiro atoms. The number of benzene rings is 2. The molecule has 5 nitrogen and oxygen atoms in total.